The van der Waals surface area contributed by atoms with Crippen LogP contribution in [0.15, 0.2) is 0 Å². The fraction of sp³-hybridized carbons (Fsp3) is 0.923. The maximum Gasteiger partial charge on any atom is 0.324 e. The van der Waals surface area contributed by atoms with Crippen molar-refractivity contribution in [3.63, 3.8) is 0 Å². The molecule has 2 unspecified atom stereocenters. The third kappa shape index (κ3) is 2.99. The largest absolute Gasteiger partial charge is 0.465 e. The van der Waals surface area contributed by atoms with Crippen LogP contribution in [0.4, 0.5) is 0 Å². The lowest BCUT2D eigenvalue weighted by Crippen LogP contribution is -2.52. The molecule has 2 fully saturated rings. The van der Waals surface area contributed by atoms with Crippen molar-refractivity contribution in [2.75, 3.05) is 19.7 Å². The molecule has 0 aromatic rings. The van der Waals surface area contributed by atoms with Gasteiger partial charge in [0, 0.05) is 19.1 Å². The van der Waals surface area contributed by atoms with E-state index in [0.717, 1.165) is 19.3 Å². The van der Waals surface area contributed by atoms with Crippen molar-refractivity contribution in [3.8, 4) is 0 Å². The van der Waals surface area contributed by atoms with E-state index in [1.165, 1.54) is 4.31 Å². The number of esters is 1. The van der Waals surface area contributed by atoms with Gasteiger partial charge in [-0.3, -0.25) is 4.79 Å². The number of hydrogen-bond acceptors (Lipinski definition) is 4. The minimum absolute atomic E-state index is 0.0113. The van der Waals surface area contributed by atoms with Crippen LogP contribution in [0.3, 0.4) is 0 Å². The smallest absolute Gasteiger partial charge is 0.324 e. The third-order valence-corrected chi connectivity index (χ3v) is 6.26. The monoisotopic (exact) mass is 304 g/mol. The summed E-state index contributed by atoms with van der Waals surface area (Å²) in [6, 6.07) is -0.633. The fourth-order valence-corrected chi connectivity index (χ4v) is 5.10. The Kier molecular flexibility index (Phi) is 5.04. The van der Waals surface area contributed by atoms with E-state index in [4.69, 9.17) is 4.74 Å². The molecular formula is C13H24N2O4S. The number of rotatable bonds is 4. The highest BCUT2D eigenvalue weighted by Crippen LogP contribution is 2.28. The Morgan fingerprint density at radius 2 is 1.85 bits per heavy atom. The predicted octanol–water partition coefficient (Wildman–Crippen LogP) is 1.13. The fourth-order valence-electron chi connectivity index (χ4n) is 3.04. The highest BCUT2D eigenvalue weighted by molar-refractivity contribution is 7.86. The van der Waals surface area contributed by atoms with Gasteiger partial charge in [-0.2, -0.15) is 17.0 Å². The number of ether oxygens (including phenoxy) is 1. The van der Waals surface area contributed by atoms with Crippen molar-refractivity contribution >= 4 is 16.2 Å². The van der Waals surface area contributed by atoms with E-state index in [1.807, 2.05) is 6.92 Å². The van der Waals surface area contributed by atoms with E-state index in [-0.39, 0.29) is 12.6 Å². The van der Waals surface area contributed by atoms with E-state index in [1.54, 1.807) is 11.2 Å². The number of carbonyl (C=O) groups excluding carboxylic acids is 1. The van der Waals surface area contributed by atoms with Crippen LogP contribution < -0.4 is 0 Å². The van der Waals surface area contributed by atoms with Crippen molar-refractivity contribution in [1.82, 2.24) is 8.61 Å². The Morgan fingerprint density at radius 3 is 2.50 bits per heavy atom. The molecule has 116 valence electrons. The van der Waals surface area contributed by atoms with Gasteiger partial charge in [-0.25, -0.2) is 0 Å². The highest BCUT2D eigenvalue weighted by atomic mass is 32.2. The first kappa shape index (κ1) is 15.7. The maximum atomic E-state index is 12.8. The van der Waals surface area contributed by atoms with E-state index in [9.17, 15) is 13.2 Å². The van der Waals surface area contributed by atoms with Crippen LogP contribution in [-0.4, -0.2) is 54.8 Å². The normalized spacial score (nSPS) is 29.5. The van der Waals surface area contributed by atoms with Gasteiger partial charge in [-0.15, -0.1) is 0 Å². The Morgan fingerprint density at radius 1 is 1.15 bits per heavy atom. The molecule has 0 aromatic heterocycles. The zero-order chi connectivity index (χ0) is 14.8. The van der Waals surface area contributed by atoms with E-state index >= 15 is 0 Å². The molecule has 0 aromatic carbocycles. The van der Waals surface area contributed by atoms with Crippen molar-refractivity contribution in [3.05, 3.63) is 0 Å². The maximum absolute atomic E-state index is 12.8. The van der Waals surface area contributed by atoms with Crippen LogP contribution in [-0.2, 0) is 19.7 Å². The van der Waals surface area contributed by atoms with Crippen molar-refractivity contribution in [2.45, 2.75) is 58.0 Å². The molecule has 2 heterocycles. The highest BCUT2D eigenvalue weighted by Gasteiger charge is 2.43. The molecule has 7 heteroatoms. The molecular weight excluding hydrogens is 280 g/mol. The first-order valence-corrected chi connectivity index (χ1v) is 8.83. The molecule has 0 spiro atoms. The lowest BCUT2D eigenvalue weighted by molar-refractivity contribution is -0.147. The Labute approximate surface area is 121 Å². The molecule has 0 bridgehead atoms. The zero-order valence-corrected chi connectivity index (χ0v) is 13.1. The SMILES string of the molecule is CCOC(=O)C1CCCN1S(=O)(=O)N1CCCCC1C. The molecule has 2 aliphatic rings. The van der Waals surface area contributed by atoms with Gasteiger partial charge < -0.3 is 4.74 Å². The predicted molar refractivity (Wildman–Crippen MR) is 75.3 cm³/mol. The summed E-state index contributed by atoms with van der Waals surface area (Å²) in [7, 11) is -3.56. The lowest BCUT2D eigenvalue weighted by atomic mass is 10.1. The summed E-state index contributed by atoms with van der Waals surface area (Å²) in [5, 5.41) is 0. The lowest BCUT2D eigenvalue weighted by Gasteiger charge is -2.36. The van der Waals surface area contributed by atoms with E-state index in [2.05, 4.69) is 0 Å². The molecule has 0 saturated carbocycles. The summed E-state index contributed by atoms with van der Waals surface area (Å²) in [4.78, 5) is 11.9. The first-order chi connectivity index (χ1) is 9.48. The van der Waals surface area contributed by atoms with Crippen LogP contribution in [0.5, 0.6) is 0 Å². The van der Waals surface area contributed by atoms with E-state index in [0.29, 0.717) is 25.9 Å². The van der Waals surface area contributed by atoms with Crippen molar-refractivity contribution < 1.29 is 17.9 Å². The molecule has 20 heavy (non-hydrogen) atoms. The van der Waals surface area contributed by atoms with Crippen molar-refractivity contribution in [1.29, 1.82) is 0 Å². The Bertz CT molecular complexity index is 451. The van der Waals surface area contributed by atoms with Crippen LogP contribution in [0, 0.1) is 0 Å². The second-order valence-corrected chi connectivity index (χ2v) is 7.32. The van der Waals surface area contributed by atoms with Gasteiger partial charge in [0.1, 0.15) is 6.04 Å². The van der Waals surface area contributed by atoms with E-state index < -0.39 is 22.2 Å². The molecule has 6 nitrogen and oxygen atoms in total. The van der Waals surface area contributed by atoms with Gasteiger partial charge in [0.2, 0.25) is 0 Å². The standard InChI is InChI=1S/C13H24N2O4S/c1-3-19-13(16)12-8-6-10-15(12)20(17,18)14-9-5-4-7-11(14)2/h11-12H,3-10H2,1-2H3. The van der Waals surface area contributed by atoms with Crippen LogP contribution >= 0.6 is 0 Å². The zero-order valence-electron chi connectivity index (χ0n) is 12.2. The van der Waals surface area contributed by atoms with Gasteiger partial charge in [0.05, 0.1) is 6.61 Å². The Hall–Kier alpha value is -0.660. The summed E-state index contributed by atoms with van der Waals surface area (Å²) in [6.45, 7) is 4.92. The molecule has 2 saturated heterocycles. The van der Waals surface area contributed by atoms with Crippen molar-refractivity contribution in [2.24, 2.45) is 0 Å². The first-order valence-electron chi connectivity index (χ1n) is 7.43. The molecule has 2 rings (SSSR count). The van der Waals surface area contributed by atoms with Gasteiger partial charge in [0.15, 0.2) is 0 Å². The molecule has 2 atom stereocenters. The number of carbonyl (C=O) groups is 1. The summed E-state index contributed by atoms with van der Waals surface area (Å²) in [5.41, 5.74) is 0. The minimum Gasteiger partial charge on any atom is -0.465 e. The van der Waals surface area contributed by atoms with Crippen LogP contribution in [0.1, 0.15) is 46.0 Å². The van der Waals surface area contributed by atoms with Crippen LogP contribution in [0.2, 0.25) is 0 Å². The van der Waals surface area contributed by atoms with Crippen LogP contribution in [0.25, 0.3) is 0 Å². The number of nitrogens with zero attached hydrogens (tertiary/aromatic N) is 2. The van der Waals surface area contributed by atoms with Gasteiger partial charge >= 0.3 is 5.97 Å². The second kappa shape index (κ2) is 6.41. The third-order valence-electron chi connectivity index (χ3n) is 4.10. The summed E-state index contributed by atoms with van der Waals surface area (Å²) >= 11 is 0. The van der Waals surface area contributed by atoms with Gasteiger partial charge in [-0.05, 0) is 39.5 Å². The summed E-state index contributed by atoms with van der Waals surface area (Å²) in [6.07, 6.45) is 4.11. The minimum atomic E-state index is -3.56. The molecule has 0 aliphatic carbocycles. The van der Waals surface area contributed by atoms with Gasteiger partial charge in [0.25, 0.3) is 10.2 Å². The van der Waals surface area contributed by atoms with Gasteiger partial charge in [-0.1, -0.05) is 6.42 Å². The molecule has 2 aliphatic heterocycles. The average molecular weight is 304 g/mol. The molecule has 0 radical (unpaired) electrons. The summed E-state index contributed by atoms with van der Waals surface area (Å²) < 4.78 is 33.4. The summed E-state index contributed by atoms with van der Waals surface area (Å²) in [5.74, 6) is -0.418. The average Bonchev–Trinajstić information content (AvgIpc) is 2.89. The Balaban J connectivity index is 2.17. The molecule has 0 amide bonds. The number of piperidine rings is 1. The molecule has 0 N–H and O–H groups in total. The second-order valence-electron chi connectivity index (χ2n) is 5.48. The topological polar surface area (TPSA) is 66.9 Å². The quantitative estimate of drug-likeness (QED) is 0.730. The number of hydrogen-bond donors (Lipinski definition) is 0.